The molecule has 1 atom stereocenters. The molecule has 1 unspecified atom stereocenters. The average molecular weight is 254 g/mol. The zero-order valence-electron chi connectivity index (χ0n) is 7.56. The van der Waals surface area contributed by atoms with Crippen LogP contribution in [0.2, 0.25) is 0 Å². The number of allylic oxidation sites excluding steroid dienone is 2. The molecular weight excluding hydrogens is 249 g/mol. The Kier molecular flexibility index (Phi) is 3.37. The van der Waals surface area contributed by atoms with E-state index in [-0.39, 0.29) is 5.57 Å². The van der Waals surface area contributed by atoms with Crippen molar-refractivity contribution in [2.45, 2.75) is 11.6 Å². The Labute approximate surface area is 88.8 Å². The van der Waals surface area contributed by atoms with Crippen molar-refractivity contribution in [3.63, 3.8) is 0 Å². The van der Waals surface area contributed by atoms with Crippen LogP contribution < -0.4 is 0 Å². The molecule has 1 aliphatic carbocycles. The number of carbonyl (C=O) groups excluding carboxylic acids is 1. The first-order valence-corrected chi connectivity index (χ1v) is 5.28. The first-order valence-electron chi connectivity index (χ1n) is 3.87. The van der Waals surface area contributed by atoms with E-state index in [2.05, 4.69) is 4.18 Å². The van der Waals surface area contributed by atoms with E-state index < -0.39 is 21.7 Å². The van der Waals surface area contributed by atoms with Crippen LogP contribution in [-0.2, 0) is 19.1 Å². The van der Waals surface area contributed by atoms with Crippen LogP contribution in [0.25, 0.3) is 0 Å². The number of rotatable bonds is 2. The van der Waals surface area contributed by atoms with Gasteiger partial charge in [0.1, 0.15) is 12.0 Å². The van der Waals surface area contributed by atoms with Gasteiger partial charge in [0.15, 0.2) is 0 Å². The summed E-state index contributed by atoms with van der Waals surface area (Å²) in [5.74, 6) is 1.30. The van der Waals surface area contributed by atoms with Crippen molar-refractivity contribution in [1.29, 1.82) is 0 Å². The van der Waals surface area contributed by atoms with Crippen molar-refractivity contribution in [2.75, 3.05) is 0 Å². The Balaban J connectivity index is 2.96. The summed E-state index contributed by atoms with van der Waals surface area (Å²) in [6.07, 6.45) is 3.14. The predicted octanol–water partition coefficient (Wildman–Crippen LogP) is 1.11. The summed E-state index contributed by atoms with van der Waals surface area (Å²) in [6, 6.07) is 0. The Morgan fingerprint density at radius 1 is 1.31 bits per heavy atom. The molecule has 0 bridgehead atoms. The third-order valence-electron chi connectivity index (χ3n) is 1.61. The quantitative estimate of drug-likeness (QED) is 0.420. The van der Waals surface area contributed by atoms with Crippen LogP contribution in [0.4, 0.5) is 13.2 Å². The molecule has 0 amide bonds. The van der Waals surface area contributed by atoms with E-state index in [4.69, 9.17) is 0 Å². The van der Waals surface area contributed by atoms with Gasteiger partial charge in [-0.05, 0) is 12.2 Å². The zero-order valence-corrected chi connectivity index (χ0v) is 8.38. The van der Waals surface area contributed by atoms with Crippen molar-refractivity contribution in [1.82, 2.24) is 0 Å². The van der Waals surface area contributed by atoms with Gasteiger partial charge in [0.2, 0.25) is 0 Å². The minimum absolute atomic E-state index is 0.324. The molecule has 0 fully saturated rings. The molecule has 8 heteroatoms. The largest absolute Gasteiger partial charge is 0.523 e. The number of halogens is 3. The van der Waals surface area contributed by atoms with Gasteiger partial charge >= 0.3 is 15.6 Å². The van der Waals surface area contributed by atoms with Crippen molar-refractivity contribution in [3.8, 4) is 0 Å². The van der Waals surface area contributed by atoms with E-state index in [1.54, 1.807) is 0 Å². The van der Waals surface area contributed by atoms with Crippen LogP contribution in [0.1, 0.15) is 0 Å². The molecular formula is C8H5F3O4S. The fourth-order valence-corrected chi connectivity index (χ4v) is 1.44. The minimum Gasteiger partial charge on any atom is -0.250 e. The van der Waals surface area contributed by atoms with E-state index in [9.17, 15) is 26.4 Å². The fraction of sp³-hybridized carbons (Fsp3) is 0.250. The number of hydrogen-bond acceptors (Lipinski definition) is 4. The summed E-state index contributed by atoms with van der Waals surface area (Å²) in [6.45, 7) is 0. The molecule has 0 aliphatic heterocycles. The van der Waals surface area contributed by atoms with Crippen molar-refractivity contribution >= 4 is 16.1 Å². The fourth-order valence-electron chi connectivity index (χ4n) is 0.890. The summed E-state index contributed by atoms with van der Waals surface area (Å²) < 4.78 is 61.0. The average Bonchev–Trinajstić information content (AvgIpc) is 2.16. The number of alkyl halides is 3. The molecule has 0 heterocycles. The summed E-state index contributed by atoms with van der Waals surface area (Å²) in [4.78, 5) is 10.3. The first-order chi connectivity index (χ1) is 7.28. The van der Waals surface area contributed by atoms with Gasteiger partial charge in [-0.25, -0.2) is 8.98 Å². The standard InChI is InChI=1S/C8H5F3O4S/c9-8(10,11)16(13,14)15-7-4-2-1-3-6(7)5-12/h1-4,7H. The van der Waals surface area contributed by atoms with Crippen molar-refractivity contribution < 1.29 is 30.6 Å². The van der Waals surface area contributed by atoms with Gasteiger partial charge in [-0.15, -0.1) is 0 Å². The predicted molar refractivity (Wildman–Crippen MR) is 47.3 cm³/mol. The molecule has 0 radical (unpaired) electrons. The lowest BCUT2D eigenvalue weighted by Gasteiger charge is -2.15. The summed E-state index contributed by atoms with van der Waals surface area (Å²) >= 11 is 0. The Morgan fingerprint density at radius 3 is 2.44 bits per heavy atom. The van der Waals surface area contributed by atoms with Crippen LogP contribution in [-0.4, -0.2) is 26.0 Å². The molecule has 0 aromatic rings. The van der Waals surface area contributed by atoms with Gasteiger partial charge in [-0.2, -0.15) is 21.6 Å². The number of hydrogen-bond donors (Lipinski definition) is 0. The van der Waals surface area contributed by atoms with Gasteiger partial charge in [-0.3, -0.25) is 0 Å². The summed E-state index contributed by atoms with van der Waals surface area (Å²) in [5.41, 5.74) is -5.84. The molecule has 0 N–H and O–H groups in total. The van der Waals surface area contributed by atoms with E-state index >= 15 is 0 Å². The third kappa shape index (κ3) is 2.60. The molecule has 1 rings (SSSR count). The lowest BCUT2D eigenvalue weighted by atomic mass is 10.1. The van der Waals surface area contributed by atoms with Gasteiger partial charge < -0.3 is 0 Å². The summed E-state index contributed by atoms with van der Waals surface area (Å²) in [7, 11) is -5.73. The lowest BCUT2D eigenvalue weighted by molar-refractivity contribution is -0.0551. The van der Waals surface area contributed by atoms with Crippen LogP contribution >= 0.6 is 0 Å². The molecule has 16 heavy (non-hydrogen) atoms. The monoisotopic (exact) mass is 254 g/mol. The summed E-state index contributed by atoms with van der Waals surface area (Å²) in [5, 5.41) is 0. The van der Waals surface area contributed by atoms with Crippen LogP contribution in [0.5, 0.6) is 0 Å². The molecule has 4 nitrogen and oxygen atoms in total. The molecule has 0 saturated heterocycles. The van der Waals surface area contributed by atoms with Crippen LogP contribution in [0, 0.1) is 0 Å². The first kappa shape index (κ1) is 12.7. The second-order valence-electron chi connectivity index (χ2n) is 2.72. The second-order valence-corrected chi connectivity index (χ2v) is 4.28. The maximum atomic E-state index is 12.0. The Bertz CT molecular complexity index is 480. The Morgan fingerprint density at radius 2 is 1.94 bits per heavy atom. The molecule has 0 saturated carbocycles. The van der Waals surface area contributed by atoms with E-state index in [0.29, 0.717) is 0 Å². The molecule has 0 spiro atoms. The topological polar surface area (TPSA) is 60.4 Å². The molecule has 0 aromatic carbocycles. The molecule has 1 aliphatic rings. The highest BCUT2D eigenvalue weighted by molar-refractivity contribution is 7.87. The highest BCUT2D eigenvalue weighted by Gasteiger charge is 2.48. The zero-order chi connectivity index (χ0) is 12.4. The van der Waals surface area contributed by atoms with Crippen molar-refractivity contribution in [2.24, 2.45) is 0 Å². The highest BCUT2D eigenvalue weighted by atomic mass is 32.2. The SMILES string of the molecule is O=C=C1C=CC=CC1OS(=O)(=O)C(F)(F)F. The normalized spacial score (nSPS) is 20.9. The van der Waals surface area contributed by atoms with Crippen molar-refractivity contribution in [3.05, 3.63) is 29.9 Å². The lowest BCUT2D eigenvalue weighted by Crippen LogP contribution is -2.30. The second kappa shape index (κ2) is 4.25. The van der Waals surface area contributed by atoms with Crippen LogP contribution in [0.15, 0.2) is 29.9 Å². The van der Waals surface area contributed by atoms with Gasteiger partial charge in [0.25, 0.3) is 0 Å². The highest BCUT2D eigenvalue weighted by Crippen LogP contribution is 2.27. The third-order valence-corrected chi connectivity index (χ3v) is 2.64. The Hall–Kier alpha value is -1.37. The van der Waals surface area contributed by atoms with E-state index in [0.717, 1.165) is 12.2 Å². The van der Waals surface area contributed by atoms with Gasteiger partial charge in [-0.1, -0.05) is 12.2 Å². The maximum absolute atomic E-state index is 12.0. The molecule has 0 aromatic heterocycles. The van der Waals surface area contributed by atoms with Gasteiger partial charge in [0.05, 0.1) is 5.57 Å². The van der Waals surface area contributed by atoms with E-state index in [1.165, 1.54) is 18.1 Å². The van der Waals surface area contributed by atoms with Crippen LogP contribution in [0.3, 0.4) is 0 Å². The van der Waals surface area contributed by atoms with Gasteiger partial charge in [0, 0.05) is 0 Å². The molecule has 88 valence electrons. The van der Waals surface area contributed by atoms with E-state index in [1.807, 2.05) is 0 Å². The minimum atomic E-state index is -5.73. The maximum Gasteiger partial charge on any atom is 0.523 e. The smallest absolute Gasteiger partial charge is 0.250 e.